The highest BCUT2D eigenvalue weighted by Crippen LogP contribution is 2.27. The van der Waals surface area contributed by atoms with Crippen LogP contribution >= 0.6 is 0 Å². The van der Waals surface area contributed by atoms with Crippen LogP contribution in [0.15, 0.2) is 36.6 Å². The van der Waals surface area contributed by atoms with E-state index in [4.69, 9.17) is 0 Å². The molecule has 1 nitrogen and oxygen atoms in total. The number of allylic oxidation sites excluding steroid dienone is 3. The van der Waals surface area contributed by atoms with Gasteiger partial charge in [0.15, 0.2) is 0 Å². The lowest BCUT2D eigenvalue weighted by Crippen LogP contribution is -2.11. The van der Waals surface area contributed by atoms with Crippen LogP contribution in [0.3, 0.4) is 0 Å². The normalized spacial score (nSPS) is 16.1. The molecule has 0 saturated carbocycles. The van der Waals surface area contributed by atoms with Crippen LogP contribution in [0.4, 0.5) is 13.2 Å². The van der Waals surface area contributed by atoms with E-state index in [0.717, 1.165) is 18.4 Å². The van der Waals surface area contributed by atoms with Crippen molar-refractivity contribution in [2.24, 2.45) is 17.8 Å². The molecule has 0 amide bonds. The van der Waals surface area contributed by atoms with Crippen molar-refractivity contribution >= 4 is 0 Å². The fourth-order valence-corrected chi connectivity index (χ4v) is 2.34. The summed E-state index contributed by atoms with van der Waals surface area (Å²) in [7, 11) is 0. The van der Waals surface area contributed by atoms with Gasteiger partial charge in [0.05, 0.1) is 0 Å². The molecule has 0 rings (SSSR count). The highest BCUT2D eigenvalue weighted by molar-refractivity contribution is 5.23. The molecule has 0 heterocycles. The molecule has 0 saturated heterocycles. The molecule has 0 bridgehead atoms. The summed E-state index contributed by atoms with van der Waals surface area (Å²) < 4.78 is 39.8. The molecule has 0 aromatic heterocycles. The van der Waals surface area contributed by atoms with Gasteiger partial charge in [-0.1, -0.05) is 71.8 Å². The number of ether oxygens (including phenoxy) is 1. The Bertz CT molecular complexity index is 396. The van der Waals surface area contributed by atoms with Gasteiger partial charge in [0.2, 0.25) is 0 Å². The van der Waals surface area contributed by atoms with Crippen LogP contribution in [0.5, 0.6) is 0 Å². The second kappa shape index (κ2) is 10.6. The SMILES string of the molecule is C=C(/C=C\C(=C)C(C)CCC(C)C(C)CCCC)OC(F)(F)F. The van der Waals surface area contributed by atoms with Crippen LogP contribution in [0.1, 0.15) is 59.8 Å². The molecule has 0 fully saturated rings. The number of alkyl halides is 3. The maximum absolute atomic E-state index is 12.0. The highest BCUT2D eigenvalue weighted by Gasteiger charge is 2.30. The standard InChI is InChI=1S/C19H31F3O/c1-7-8-9-14(2)15(3)10-11-16(4)17(5)12-13-18(6)23-19(20,21)22/h12-16H,5-11H2,1-4H3/b13-12-. The molecule has 0 aliphatic carbocycles. The topological polar surface area (TPSA) is 9.23 Å². The van der Waals surface area contributed by atoms with E-state index >= 15 is 0 Å². The van der Waals surface area contributed by atoms with Crippen LogP contribution in [-0.2, 0) is 4.74 Å². The number of hydrogen-bond acceptors (Lipinski definition) is 1. The van der Waals surface area contributed by atoms with Gasteiger partial charge in [-0.25, -0.2) is 0 Å². The zero-order valence-corrected chi connectivity index (χ0v) is 14.9. The minimum Gasteiger partial charge on any atom is -0.406 e. The molecule has 0 aromatic carbocycles. The Balaban J connectivity index is 4.22. The second-order valence-electron chi connectivity index (χ2n) is 6.50. The molecule has 0 aromatic rings. The minimum absolute atomic E-state index is 0.228. The largest absolute Gasteiger partial charge is 0.573 e. The lowest BCUT2D eigenvalue weighted by Gasteiger charge is -2.21. The van der Waals surface area contributed by atoms with Gasteiger partial charge in [0.25, 0.3) is 0 Å². The highest BCUT2D eigenvalue weighted by atomic mass is 19.4. The molecule has 3 unspecified atom stereocenters. The van der Waals surface area contributed by atoms with Crippen molar-refractivity contribution in [3.63, 3.8) is 0 Å². The molecule has 3 atom stereocenters. The maximum Gasteiger partial charge on any atom is 0.573 e. The van der Waals surface area contributed by atoms with Gasteiger partial charge in [-0.3, -0.25) is 0 Å². The third-order valence-corrected chi connectivity index (χ3v) is 4.40. The van der Waals surface area contributed by atoms with E-state index in [-0.39, 0.29) is 5.92 Å². The van der Waals surface area contributed by atoms with E-state index in [9.17, 15) is 13.2 Å². The summed E-state index contributed by atoms with van der Waals surface area (Å²) in [5, 5.41) is 0. The first kappa shape index (κ1) is 21.8. The third-order valence-electron chi connectivity index (χ3n) is 4.40. The lowest BCUT2D eigenvalue weighted by atomic mass is 9.84. The Kier molecular flexibility index (Phi) is 10.0. The summed E-state index contributed by atoms with van der Waals surface area (Å²) in [6.07, 6.45) is 3.90. The minimum atomic E-state index is -4.70. The molecule has 134 valence electrons. The van der Waals surface area contributed by atoms with Crippen molar-refractivity contribution in [3.8, 4) is 0 Å². The van der Waals surface area contributed by atoms with E-state index < -0.39 is 12.1 Å². The Morgan fingerprint density at radius 2 is 1.57 bits per heavy atom. The average molecular weight is 332 g/mol. The van der Waals surface area contributed by atoms with Crippen molar-refractivity contribution in [2.75, 3.05) is 0 Å². The number of unbranched alkanes of at least 4 members (excludes halogenated alkanes) is 1. The summed E-state index contributed by atoms with van der Waals surface area (Å²) in [5.74, 6) is 1.15. The predicted molar refractivity (Wildman–Crippen MR) is 90.8 cm³/mol. The van der Waals surface area contributed by atoms with Crippen molar-refractivity contribution in [3.05, 3.63) is 36.6 Å². The zero-order chi connectivity index (χ0) is 18.0. The van der Waals surface area contributed by atoms with Gasteiger partial charge in [0.1, 0.15) is 5.76 Å². The quantitative estimate of drug-likeness (QED) is 0.291. The average Bonchev–Trinajstić information content (AvgIpc) is 2.45. The third kappa shape index (κ3) is 11.1. The van der Waals surface area contributed by atoms with Crippen LogP contribution in [0.2, 0.25) is 0 Å². The van der Waals surface area contributed by atoms with Gasteiger partial charge in [-0.05, 0) is 36.7 Å². The fourth-order valence-electron chi connectivity index (χ4n) is 2.34. The molecule has 0 N–H and O–H groups in total. The van der Waals surface area contributed by atoms with Gasteiger partial charge in [0, 0.05) is 0 Å². The first-order valence-corrected chi connectivity index (χ1v) is 8.38. The van der Waals surface area contributed by atoms with Crippen molar-refractivity contribution in [1.29, 1.82) is 0 Å². The molecule has 0 aliphatic rings. The molecule has 4 heteroatoms. The van der Waals surface area contributed by atoms with Crippen LogP contribution < -0.4 is 0 Å². The van der Waals surface area contributed by atoms with Gasteiger partial charge >= 0.3 is 6.36 Å². The molecule has 0 spiro atoms. The first-order valence-electron chi connectivity index (χ1n) is 8.38. The molecular formula is C19H31F3O. The molecule has 0 radical (unpaired) electrons. The van der Waals surface area contributed by atoms with Crippen LogP contribution in [0, 0.1) is 17.8 Å². The molecule has 0 aliphatic heterocycles. The Morgan fingerprint density at radius 3 is 2.09 bits per heavy atom. The number of rotatable bonds is 11. The number of hydrogen-bond donors (Lipinski definition) is 0. The summed E-state index contributed by atoms with van der Waals surface area (Å²) in [6.45, 7) is 16.0. The van der Waals surface area contributed by atoms with Crippen LogP contribution in [-0.4, -0.2) is 6.36 Å². The Hall–Kier alpha value is -1.19. The van der Waals surface area contributed by atoms with Crippen LogP contribution in [0.25, 0.3) is 0 Å². The molecular weight excluding hydrogens is 301 g/mol. The smallest absolute Gasteiger partial charge is 0.406 e. The fraction of sp³-hybridized carbons (Fsp3) is 0.684. The maximum atomic E-state index is 12.0. The zero-order valence-electron chi connectivity index (χ0n) is 14.9. The van der Waals surface area contributed by atoms with E-state index in [0.29, 0.717) is 11.8 Å². The Labute approximate surface area is 139 Å². The number of halogens is 3. The summed E-state index contributed by atoms with van der Waals surface area (Å²) in [4.78, 5) is 0. The lowest BCUT2D eigenvalue weighted by molar-refractivity contribution is -0.303. The predicted octanol–water partition coefficient (Wildman–Crippen LogP) is 7.03. The molecule has 23 heavy (non-hydrogen) atoms. The Morgan fingerprint density at radius 1 is 1.00 bits per heavy atom. The first-order chi connectivity index (χ1) is 10.6. The van der Waals surface area contributed by atoms with E-state index in [1.54, 1.807) is 6.08 Å². The van der Waals surface area contributed by atoms with E-state index in [2.05, 4.69) is 38.7 Å². The van der Waals surface area contributed by atoms with Gasteiger partial charge in [-0.2, -0.15) is 0 Å². The van der Waals surface area contributed by atoms with E-state index in [1.807, 2.05) is 6.92 Å². The summed E-state index contributed by atoms with van der Waals surface area (Å²) in [6, 6.07) is 0. The van der Waals surface area contributed by atoms with Gasteiger partial charge in [-0.15, -0.1) is 13.2 Å². The summed E-state index contributed by atoms with van der Waals surface area (Å²) in [5.41, 5.74) is 0.797. The van der Waals surface area contributed by atoms with Crippen molar-refractivity contribution in [2.45, 2.75) is 66.2 Å². The van der Waals surface area contributed by atoms with Gasteiger partial charge < -0.3 is 4.74 Å². The summed E-state index contributed by atoms with van der Waals surface area (Å²) >= 11 is 0. The van der Waals surface area contributed by atoms with Crippen molar-refractivity contribution < 1.29 is 17.9 Å². The van der Waals surface area contributed by atoms with Crippen molar-refractivity contribution in [1.82, 2.24) is 0 Å². The monoisotopic (exact) mass is 332 g/mol. The van der Waals surface area contributed by atoms with E-state index in [1.165, 1.54) is 25.3 Å². The second-order valence-corrected chi connectivity index (χ2v) is 6.50.